The van der Waals surface area contributed by atoms with Crippen molar-refractivity contribution in [3.63, 3.8) is 0 Å². The summed E-state index contributed by atoms with van der Waals surface area (Å²) in [5.74, 6) is -1.33. The van der Waals surface area contributed by atoms with E-state index >= 15 is 0 Å². The number of likely N-dealkylation sites (N-methyl/N-ethyl adjacent to an activating group) is 1. The minimum Gasteiger partial charge on any atom is -0.452 e. The number of esters is 1. The maximum atomic E-state index is 12.5. The maximum absolute atomic E-state index is 12.5. The minimum absolute atomic E-state index is 0.0393. The number of nitro groups is 1. The van der Waals surface area contributed by atoms with Crippen molar-refractivity contribution in [3.8, 4) is 6.07 Å². The minimum atomic E-state index is -0.855. The summed E-state index contributed by atoms with van der Waals surface area (Å²) in [6.45, 7) is 0.0872. The number of ether oxygens (including phenoxy) is 1. The molecule has 0 aliphatic heterocycles. The first-order valence-corrected chi connectivity index (χ1v) is 8.76. The highest BCUT2D eigenvalue weighted by Gasteiger charge is 2.20. The molecule has 0 radical (unpaired) electrons. The summed E-state index contributed by atoms with van der Waals surface area (Å²) in [5, 5.41) is 22.7. The van der Waals surface area contributed by atoms with Gasteiger partial charge in [-0.15, -0.1) is 0 Å². The summed E-state index contributed by atoms with van der Waals surface area (Å²) in [5.41, 5.74) is 1.01. The fourth-order valence-electron chi connectivity index (χ4n) is 2.42. The van der Waals surface area contributed by atoms with Crippen LogP contribution in [0.3, 0.4) is 0 Å². The molecule has 2 aromatic carbocycles. The van der Waals surface area contributed by atoms with E-state index in [1.807, 2.05) is 36.4 Å². The number of amides is 1. The molecule has 0 heterocycles. The topological polar surface area (TPSA) is 126 Å². The number of anilines is 1. The standard InChI is InChI=1S/C20H20N4O5/c1-23(11-5-10-21)19(25)14-29-20(26)17-12-16(24(27)28)8-9-18(17)22-13-15-6-3-2-4-7-15/h2-4,6-9,12,22H,5,11,13-14H2,1H3. The van der Waals surface area contributed by atoms with Crippen LogP contribution in [0, 0.1) is 21.4 Å². The van der Waals surface area contributed by atoms with Crippen molar-refractivity contribution in [2.75, 3.05) is 25.5 Å². The van der Waals surface area contributed by atoms with E-state index in [-0.39, 0.29) is 24.2 Å². The number of benzene rings is 2. The Kier molecular flexibility index (Phi) is 7.68. The fourth-order valence-corrected chi connectivity index (χ4v) is 2.42. The van der Waals surface area contributed by atoms with Crippen molar-refractivity contribution in [1.82, 2.24) is 4.90 Å². The second kappa shape index (κ2) is 10.4. The van der Waals surface area contributed by atoms with Crippen LogP contribution in [-0.2, 0) is 16.1 Å². The van der Waals surface area contributed by atoms with Gasteiger partial charge in [0.15, 0.2) is 6.61 Å². The van der Waals surface area contributed by atoms with E-state index in [0.29, 0.717) is 12.2 Å². The number of nitrogens with zero attached hydrogens (tertiary/aromatic N) is 3. The van der Waals surface area contributed by atoms with Crippen LogP contribution in [0.5, 0.6) is 0 Å². The molecule has 0 unspecified atom stereocenters. The van der Waals surface area contributed by atoms with Gasteiger partial charge in [0.25, 0.3) is 11.6 Å². The molecule has 2 rings (SSSR count). The molecule has 0 bridgehead atoms. The van der Waals surface area contributed by atoms with Crippen molar-refractivity contribution >= 4 is 23.3 Å². The van der Waals surface area contributed by atoms with E-state index in [0.717, 1.165) is 11.6 Å². The fraction of sp³-hybridized carbons (Fsp3) is 0.250. The van der Waals surface area contributed by atoms with E-state index in [1.165, 1.54) is 24.1 Å². The molecule has 29 heavy (non-hydrogen) atoms. The molecule has 0 saturated heterocycles. The van der Waals surface area contributed by atoms with Crippen LogP contribution in [0.2, 0.25) is 0 Å². The molecule has 0 spiro atoms. The second-order valence-corrected chi connectivity index (χ2v) is 6.13. The summed E-state index contributed by atoms with van der Waals surface area (Å²) in [6.07, 6.45) is 0.161. The van der Waals surface area contributed by atoms with Gasteiger partial charge in [-0.1, -0.05) is 30.3 Å². The average molecular weight is 396 g/mol. The third-order valence-electron chi connectivity index (χ3n) is 4.07. The third kappa shape index (κ3) is 6.32. The van der Waals surface area contributed by atoms with Crippen molar-refractivity contribution < 1.29 is 19.2 Å². The van der Waals surface area contributed by atoms with Gasteiger partial charge < -0.3 is 15.0 Å². The zero-order valence-corrected chi connectivity index (χ0v) is 15.8. The molecule has 0 saturated carbocycles. The summed E-state index contributed by atoms with van der Waals surface area (Å²) < 4.78 is 5.04. The van der Waals surface area contributed by atoms with Gasteiger partial charge in [0, 0.05) is 38.0 Å². The van der Waals surface area contributed by atoms with Crippen LogP contribution in [0.1, 0.15) is 22.3 Å². The molecular formula is C20H20N4O5. The predicted molar refractivity (Wildman–Crippen MR) is 105 cm³/mol. The average Bonchev–Trinajstić information content (AvgIpc) is 2.74. The van der Waals surface area contributed by atoms with Crippen molar-refractivity contribution in [2.45, 2.75) is 13.0 Å². The summed E-state index contributed by atoms with van der Waals surface area (Å²) in [4.78, 5) is 36.2. The molecule has 0 aromatic heterocycles. The largest absolute Gasteiger partial charge is 0.452 e. The number of rotatable bonds is 9. The first-order chi connectivity index (χ1) is 13.9. The lowest BCUT2D eigenvalue weighted by Gasteiger charge is -2.16. The molecule has 0 fully saturated rings. The molecule has 0 aliphatic carbocycles. The van der Waals surface area contributed by atoms with Gasteiger partial charge in [0.05, 0.1) is 23.0 Å². The van der Waals surface area contributed by atoms with E-state index in [2.05, 4.69) is 5.32 Å². The summed E-state index contributed by atoms with van der Waals surface area (Å²) in [6, 6.07) is 15.2. The number of nitrogens with one attached hydrogen (secondary N) is 1. The van der Waals surface area contributed by atoms with E-state index in [4.69, 9.17) is 10.00 Å². The SMILES string of the molecule is CN(CCC#N)C(=O)COC(=O)c1cc([N+](=O)[O-])ccc1NCc1ccccc1. The Hall–Kier alpha value is -3.93. The predicted octanol–water partition coefficient (Wildman–Crippen LogP) is 2.74. The Bertz CT molecular complexity index is 924. The van der Waals surface area contributed by atoms with Crippen LogP contribution >= 0.6 is 0 Å². The Labute approximate surface area is 167 Å². The van der Waals surface area contributed by atoms with Crippen LogP contribution in [-0.4, -0.2) is 41.9 Å². The highest BCUT2D eigenvalue weighted by atomic mass is 16.6. The summed E-state index contributed by atoms with van der Waals surface area (Å²) >= 11 is 0. The lowest BCUT2D eigenvalue weighted by atomic mass is 10.1. The quantitative estimate of drug-likeness (QED) is 0.392. The first-order valence-electron chi connectivity index (χ1n) is 8.76. The number of carbonyl (C=O) groups is 2. The zero-order chi connectivity index (χ0) is 21.2. The maximum Gasteiger partial charge on any atom is 0.341 e. The number of non-ortho nitro benzene ring substituents is 1. The molecular weight excluding hydrogens is 376 g/mol. The van der Waals surface area contributed by atoms with E-state index in [1.54, 1.807) is 0 Å². The molecule has 9 heteroatoms. The van der Waals surface area contributed by atoms with Crippen LogP contribution in [0.25, 0.3) is 0 Å². The van der Waals surface area contributed by atoms with Gasteiger partial charge in [-0.05, 0) is 11.6 Å². The highest BCUT2D eigenvalue weighted by molar-refractivity contribution is 5.97. The van der Waals surface area contributed by atoms with E-state index in [9.17, 15) is 19.7 Å². The highest BCUT2D eigenvalue weighted by Crippen LogP contribution is 2.23. The molecule has 1 amide bonds. The Morgan fingerprint density at radius 2 is 1.97 bits per heavy atom. The monoisotopic (exact) mass is 396 g/mol. The molecule has 2 aromatic rings. The van der Waals surface area contributed by atoms with E-state index < -0.39 is 23.4 Å². The number of hydrogen-bond donors (Lipinski definition) is 1. The Morgan fingerprint density at radius 1 is 1.24 bits per heavy atom. The van der Waals surface area contributed by atoms with Crippen molar-refractivity contribution in [3.05, 3.63) is 69.8 Å². The number of nitro benzene ring substituents is 1. The van der Waals surface area contributed by atoms with Gasteiger partial charge in [-0.2, -0.15) is 5.26 Å². The normalized spacial score (nSPS) is 9.93. The molecule has 0 atom stereocenters. The Balaban J connectivity index is 2.12. The number of nitriles is 1. The molecule has 9 nitrogen and oxygen atoms in total. The van der Waals surface area contributed by atoms with Crippen LogP contribution in [0.15, 0.2) is 48.5 Å². The molecule has 0 aliphatic rings. The zero-order valence-electron chi connectivity index (χ0n) is 15.8. The lowest BCUT2D eigenvalue weighted by molar-refractivity contribution is -0.384. The molecule has 150 valence electrons. The van der Waals surface area contributed by atoms with Gasteiger partial charge in [-0.3, -0.25) is 14.9 Å². The Morgan fingerprint density at radius 3 is 2.62 bits per heavy atom. The number of carbonyl (C=O) groups excluding carboxylic acids is 2. The van der Waals surface area contributed by atoms with Crippen molar-refractivity contribution in [2.24, 2.45) is 0 Å². The number of hydrogen-bond acceptors (Lipinski definition) is 7. The third-order valence-corrected chi connectivity index (χ3v) is 4.07. The smallest absolute Gasteiger partial charge is 0.341 e. The molecule has 1 N–H and O–H groups in total. The second-order valence-electron chi connectivity index (χ2n) is 6.13. The van der Waals surface area contributed by atoms with Crippen molar-refractivity contribution in [1.29, 1.82) is 5.26 Å². The van der Waals surface area contributed by atoms with Gasteiger partial charge >= 0.3 is 5.97 Å². The van der Waals surface area contributed by atoms with Gasteiger partial charge in [0.1, 0.15) is 0 Å². The van der Waals surface area contributed by atoms with Crippen LogP contribution < -0.4 is 5.32 Å². The first kappa shape index (κ1) is 21.4. The van der Waals surface area contributed by atoms with Gasteiger partial charge in [-0.25, -0.2) is 4.79 Å². The van der Waals surface area contributed by atoms with Crippen LogP contribution in [0.4, 0.5) is 11.4 Å². The summed E-state index contributed by atoms with van der Waals surface area (Å²) in [7, 11) is 1.49. The lowest BCUT2D eigenvalue weighted by Crippen LogP contribution is -2.32. The van der Waals surface area contributed by atoms with Gasteiger partial charge in [0.2, 0.25) is 0 Å².